The smallest absolute Gasteiger partial charge is 0.0702 e. The van der Waals surface area contributed by atoms with E-state index in [1.54, 1.807) is 0 Å². The van der Waals surface area contributed by atoms with Crippen LogP contribution >= 0.6 is 11.6 Å². The molecule has 0 saturated heterocycles. The first-order valence-electron chi connectivity index (χ1n) is 5.04. The molecule has 0 aliphatic rings. The van der Waals surface area contributed by atoms with Gasteiger partial charge in [0, 0.05) is 18.7 Å². The highest BCUT2D eigenvalue weighted by Crippen LogP contribution is 1.93. The third-order valence-corrected chi connectivity index (χ3v) is 1.76. The van der Waals surface area contributed by atoms with Crippen LogP contribution in [0.15, 0.2) is 12.2 Å². The monoisotopic (exact) mass is 208 g/mol. The number of hydrogen-bond donors (Lipinski definition) is 0. The number of allylic oxidation sites excluding steroid dienone is 2. The van der Waals surface area contributed by atoms with Crippen molar-refractivity contribution in [3.8, 4) is 23.7 Å². The number of hydrogen-bond acceptors (Lipinski definition) is 0. The molecule has 1 heteroatoms. The molecule has 0 aromatic rings. The molecule has 0 nitrogen and oxygen atoms in total. The standard InChI is InChI=1S/C13H17Cl/c1-2-3-4-5-6-7-8-9-10-11-12-13-14/h9-10H,2,5,8,11-13H2,1H3/b10-9+. The summed E-state index contributed by atoms with van der Waals surface area (Å²) in [5, 5.41) is 0. The highest BCUT2D eigenvalue weighted by molar-refractivity contribution is 6.17. The Kier molecular flexibility index (Phi) is 11.4. The van der Waals surface area contributed by atoms with Crippen molar-refractivity contribution in [1.82, 2.24) is 0 Å². The molecule has 0 fully saturated rings. The summed E-state index contributed by atoms with van der Waals surface area (Å²) in [6.07, 6.45) is 8.77. The second kappa shape index (κ2) is 12.2. The van der Waals surface area contributed by atoms with E-state index in [0.29, 0.717) is 6.42 Å². The lowest BCUT2D eigenvalue weighted by molar-refractivity contribution is 0.963. The Hall–Kier alpha value is -0.850. The van der Waals surface area contributed by atoms with E-state index in [9.17, 15) is 0 Å². The van der Waals surface area contributed by atoms with Crippen LogP contribution < -0.4 is 0 Å². The van der Waals surface area contributed by atoms with Gasteiger partial charge in [0.15, 0.2) is 0 Å². The maximum atomic E-state index is 5.54. The van der Waals surface area contributed by atoms with Crippen molar-refractivity contribution in [3.05, 3.63) is 12.2 Å². The SMILES string of the molecule is CCC#CCC#CC/C=C/CCCCl. The number of unbranched alkanes of at least 4 members (excludes halogenated alkanes) is 1. The average molecular weight is 209 g/mol. The van der Waals surface area contributed by atoms with Gasteiger partial charge >= 0.3 is 0 Å². The van der Waals surface area contributed by atoms with Crippen LogP contribution in [0.5, 0.6) is 0 Å². The number of alkyl halides is 1. The fourth-order valence-electron chi connectivity index (χ4n) is 0.821. The average Bonchev–Trinajstić information content (AvgIpc) is 2.21. The summed E-state index contributed by atoms with van der Waals surface area (Å²) in [7, 11) is 0. The highest BCUT2D eigenvalue weighted by Gasteiger charge is 1.77. The summed E-state index contributed by atoms with van der Waals surface area (Å²) < 4.78 is 0. The van der Waals surface area contributed by atoms with Gasteiger partial charge in [0.05, 0.1) is 6.42 Å². The second-order valence-corrected chi connectivity index (χ2v) is 3.12. The van der Waals surface area contributed by atoms with Crippen LogP contribution in [0.1, 0.15) is 39.0 Å². The molecule has 0 atom stereocenters. The lowest BCUT2D eigenvalue weighted by Crippen LogP contribution is -1.70. The van der Waals surface area contributed by atoms with Crippen LogP contribution in [-0.2, 0) is 0 Å². The molecule has 0 aliphatic heterocycles. The minimum atomic E-state index is 0.698. The molecule has 0 amide bonds. The predicted molar refractivity (Wildman–Crippen MR) is 64.2 cm³/mol. The van der Waals surface area contributed by atoms with Gasteiger partial charge < -0.3 is 0 Å². The van der Waals surface area contributed by atoms with E-state index in [2.05, 4.69) is 35.8 Å². The molecule has 14 heavy (non-hydrogen) atoms. The van der Waals surface area contributed by atoms with Crippen LogP contribution in [0.4, 0.5) is 0 Å². The van der Waals surface area contributed by atoms with Crippen LogP contribution in [-0.4, -0.2) is 5.88 Å². The van der Waals surface area contributed by atoms with E-state index in [1.807, 2.05) is 6.92 Å². The topological polar surface area (TPSA) is 0 Å². The minimum absolute atomic E-state index is 0.698. The Morgan fingerprint density at radius 1 is 1.07 bits per heavy atom. The largest absolute Gasteiger partial charge is 0.127 e. The van der Waals surface area contributed by atoms with E-state index < -0.39 is 0 Å². The molecule has 0 N–H and O–H groups in total. The first-order valence-corrected chi connectivity index (χ1v) is 5.57. The van der Waals surface area contributed by atoms with Gasteiger partial charge in [-0.25, -0.2) is 0 Å². The molecule has 0 rings (SSSR count). The summed E-state index contributed by atoms with van der Waals surface area (Å²) >= 11 is 5.54. The number of halogens is 1. The van der Waals surface area contributed by atoms with Crippen LogP contribution in [0.3, 0.4) is 0 Å². The molecule has 0 bridgehead atoms. The quantitative estimate of drug-likeness (QED) is 0.286. The summed E-state index contributed by atoms with van der Waals surface area (Å²) in [6.45, 7) is 2.04. The molecule has 0 heterocycles. The second-order valence-electron chi connectivity index (χ2n) is 2.74. The van der Waals surface area contributed by atoms with E-state index in [-0.39, 0.29) is 0 Å². The summed E-state index contributed by atoms with van der Waals surface area (Å²) in [5.41, 5.74) is 0. The van der Waals surface area contributed by atoms with E-state index >= 15 is 0 Å². The molecule has 76 valence electrons. The van der Waals surface area contributed by atoms with Crippen LogP contribution in [0.25, 0.3) is 0 Å². The van der Waals surface area contributed by atoms with Gasteiger partial charge in [-0.2, -0.15) is 0 Å². The first kappa shape index (κ1) is 13.2. The Morgan fingerprint density at radius 2 is 1.86 bits per heavy atom. The molecule has 0 aromatic carbocycles. The first-order chi connectivity index (χ1) is 6.91. The zero-order valence-electron chi connectivity index (χ0n) is 8.78. The summed E-state index contributed by atoms with van der Waals surface area (Å²) in [6, 6.07) is 0. The van der Waals surface area contributed by atoms with Crippen molar-refractivity contribution in [2.24, 2.45) is 0 Å². The van der Waals surface area contributed by atoms with Gasteiger partial charge in [0.1, 0.15) is 0 Å². The van der Waals surface area contributed by atoms with Gasteiger partial charge in [-0.05, 0) is 12.8 Å². The number of rotatable bonds is 4. The third kappa shape index (κ3) is 11.2. The van der Waals surface area contributed by atoms with Crippen molar-refractivity contribution in [2.75, 3.05) is 5.88 Å². The van der Waals surface area contributed by atoms with Gasteiger partial charge in [-0.15, -0.1) is 17.5 Å². The van der Waals surface area contributed by atoms with Gasteiger partial charge in [0.25, 0.3) is 0 Å². The summed E-state index contributed by atoms with van der Waals surface area (Å²) in [4.78, 5) is 0. The van der Waals surface area contributed by atoms with Crippen molar-refractivity contribution >= 4 is 11.6 Å². The van der Waals surface area contributed by atoms with Gasteiger partial charge in [-0.1, -0.05) is 36.8 Å². The Bertz CT molecular complexity index is 254. The zero-order chi connectivity index (χ0) is 10.5. The highest BCUT2D eigenvalue weighted by atomic mass is 35.5. The zero-order valence-corrected chi connectivity index (χ0v) is 9.53. The molecule has 0 spiro atoms. The van der Waals surface area contributed by atoms with E-state index in [1.165, 1.54) is 0 Å². The lowest BCUT2D eigenvalue weighted by Gasteiger charge is -1.84. The normalized spacial score (nSPS) is 9.00. The maximum absolute atomic E-state index is 5.54. The molecule has 0 unspecified atom stereocenters. The lowest BCUT2D eigenvalue weighted by atomic mass is 10.3. The van der Waals surface area contributed by atoms with Crippen molar-refractivity contribution in [1.29, 1.82) is 0 Å². The summed E-state index contributed by atoms with van der Waals surface area (Å²) in [5.74, 6) is 12.8. The molecule has 0 aromatic heterocycles. The van der Waals surface area contributed by atoms with E-state index in [4.69, 9.17) is 11.6 Å². The van der Waals surface area contributed by atoms with Crippen molar-refractivity contribution in [2.45, 2.75) is 39.0 Å². The Labute approximate surface area is 92.7 Å². The Morgan fingerprint density at radius 3 is 2.57 bits per heavy atom. The minimum Gasteiger partial charge on any atom is -0.127 e. The predicted octanol–water partition coefficient (Wildman–Crippen LogP) is 3.76. The van der Waals surface area contributed by atoms with E-state index in [0.717, 1.165) is 31.6 Å². The molecule has 0 radical (unpaired) electrons. The van der Waals surface area contributed by atoms with Crippen LogP contribution in [0, 0.1) is 23.7 Å². The molecular weight excluding hydrogens is 192 g/mol. The van der Waals surface area contributed by atoms with Crippen molar-refractivity contribution < 1.29 is 0 Å². The maximum Gasteiger partial charge on any atom is 0.0702 e. The molecule has 0 aliphatic carbocycles. The third-order valence-electron chi connectivity index (χ3n) is 1.49. The Balaban J connectivity index is 3.37. The van der Waals surface area contributed by atoms with Crippen molar-refractivity contribution in [3.63, 3.8) is 0 Å². The molecule has 0 saturated carbocycles. The fourth-order valence-corrected chi connectivity index (χ4v) is 0.976. The van der Waals surface area contributed by atoms with Gasteiger partial charge in [-0.3, -0.25) is 0 Å². The van der Waals surface area contributed by atoms with Crippen LogP contribution in [0.2, 0.25) is 0 Å². The van der Waals surface area contributed by atoms with Gasteiger partial charge in [0.2, 0.25) is 0 Å². The molecular formula is C13H17Cl. The fraction of sp³-hybridized carbons (Fsp3) is 0.538.